The predicted octanol–water partition coefficient (Wildman–Crippen LogP) is 3.01. The lowest BCUT2D eigenvalue weighted by Gasteiger charge is -2.19. The Morgan fingerprint density at radius 2 is 2.00 bits per heavy atom. The average molecular weight is 201 g/mol. The molecule has 0 aliphatic heterocycles. The first kappa shape index (κ1) is 12.6. The second-order valence-corrected chi connectivity index (χ2v) is 6.18. The average Bonchev–Trinajstić information content (AvgIpc) is 2.03. The van der Waals surface area contributed by atoms with Crippen LogP contribution in [-0.4, -0.2) is 31.0 Å². The van der Waals surface area contributed by atoms with Crippen LogP contribution in [0.15, 0.2) is 23.3 Å². The zero-order chi connectivity index (χ0) is 10.4. The number of nitrogens with zero attached hydrogens (tertiary/aromatic N) is 1. The van der Waals surface area contributed by atoms with Crippen molar-refractivity contribution in [3.05, 3.63) is 23.3 Å². The highest BCUT2D eigenvalue weighted by Gasteiger charge is 1.97. The molecule has 0 aromatic carbocycles. The summed E-state index contributed by atoms with van der Waals surface area (Å²) >= 11 is 0. The fraction of sp³-hybridized carbons (Fsp3) is 0.636. The molecule has 0 unspecified atom stereocenters. The summed E-state index contributed by atoms with van der Waals surface area (Å²) in [5, 5.41) is 0. The Bertz CT molecular complexity index is 194. The van der Waals surface area contributed by atoms with Crippen molar-refractivity contribution in [3.8, 4) is 0 Å². The summed E-state index contributed by atoms with van der Waals surface area (Å²) in [4.78, 5) is 3.71. The third-order valence-electron chi connectivity index (χ3n) is 2.09. The van der Waals surface area contributed by atoms with Gasteiger partial charge >= 0.3 is 0 Å². The van der Waals surface area contributed by atoms with Crippen LogP contribution in [0.4, 0.5) is 0 Å². The van der Waals surface area contributed by atoms with E-state index in [0.29, 0.717) is 0 Å². The van der Waals surface area contributed by atoms with E-state index >= 15 is 0 Å². The maximum atomic E-state index is 4.00. The Morgan fingerprint density at radius 3 is 2.38 bits per heavy atom. The van der Waals surface area contributed by atoms with Gasteiger partial charge in [0.2, 0.25) is 0 Å². The zero-order valence-electron chi connectivity index (χ0n) is 9.59. The van der Waals surface area contributed by atoms with Gasteiger partial charge in [-0.15, -0.1) is 0 Å². The van der Waals surface area contributed by atoms with Gasteiger partial charge in [0, 0.05) is 19.8 Å². The molecule has 0 fully saturated rings. The quantitative estimate of drug-likeness (QED) is 0.528. The molecule has 0 saturated carbocycles. The molecule has 0 spiro atoms. The van der Waals surface area contributed by atoms with Crippen molar-refractivity contribution >= 4 is 10.9 Å². The molecule has 0 aromatic heterocycles. The normalized spacial score (nSPS) is 12.7. The molecule has 0 atom stereocenters. The minimum atomic E-state index is 0.0663. The minimum absolute atomic E-state index is 0.0663. The molecule has 0 aromatic rings. The molecular weight excluding hydrogens is 178 g/mol. The van der Waals surface area contributed by atoms with Crippen LogP contribution in [0.3, 0.4) is 0 Å². The van der Waals surface area contributed by atoms with Crippen LogP contribution in [-0.2, 0) is 0 Å². The van der Waals surface area contributed by atoms with E-state index < -0.39 is 0 Å². The van der Waals surface area contributed by atoms with E-state index in [-0.39, 0.29) is 10.9 Å². The fourth-order valence-corrected chi connectivity index (χ4v) is 1.37. The first-order valence-corrected chi connectivity index (χ1v) is 6.93. The van der Waals surface area contributed by atoms with Crippen LogP contribution < -0.4 is 0 Å². The lowest BCUT2D eigenvalue weighted by Crippen LogP contribution is -2.14. The van der Waals surface area contributed by atoms with Gasteiger partial charge in [-0.05, 0) is 30.8 Å². The van der Waals surface area contributed by atoms with E-state index in [2.05, 4.69) is 51.1 Å². The van der Waals surface area contributed by atoms with Gasteiger partial charge in [-0.3, -0.25) is 0 Å². The third kappa shape index (κ3) is 5.81. The summed E-state index contributed by atoms with van der Waals surface area (Å²) < 4.78 is 0. The highest BCUT2D eigenvalue weighted by molar-refractivity contribution is 8.19. The van der Waals surface area contributed by atoms with Gasteiger partial charge in [0.05, 0.1) is 0 Å². The highest BCUT2D eigenvalue weighted by atomic mass is 32.2. The molecule has 0 radical (unpaired) electrons. The number of thiol groups is 1. The molecule has 78 valence electrons. The molecule has 0 bridgehead atoms. The largest absolute Gasteiger partial charge is 0.376 e. The van der Waals surface area contributed by atoms with E-state index in [1.54, 1.807) is 0 Å². The van der Waals surface area contributed by atoms with E-state index in [0.717, 1.165) is 13.0 Å². The summed E-state index contributed by atoms with van der Waals surface area (Å²) in [6, 6.07) is 0. The van der Waals surface area contributed by atoms with E-state index in [1.807, 2.05) is 0 Å². The van der Waals surface area contributed by atoms with Crippen molar-refractivity contribution in [2.24, 2.45) is 0 Å². The van der Waals surface area contributed by atoms with Gasteiger partial charge in [-0.25, -0.2) is 10.9 Å². The SMILES string of the molecule is C=C(CC)CN(C)/C=C(\C)[SH](C)C. The molecule has 0 saturated heterocycles. The molecule has 1 nitrogen and oxygen atoms in total. The summed E-state index contributed by atoms with van der Waals surface area (Å²) in [6.45, 7) is 9.34. The van der Waals surface area contributed by atoms with Gasteiger partial charge < -0.3 is 4.90 Å². The summed E-state index contributed by atoms with van der Waals surface area (Å²) in [5.41, 5.74) is 1.29. The zero-order valence-corrected chi connectivity index (χ0v) is 10.5. The van der Waals surface area contributed by atoms with Crippen LogP contribution >= 0.6 is 10.9 Å². The van der Waals surface area contributed by atoms with Crippen LogP contribution in [0.1, 0.15) is 20.3 Å². The molecular formula is C11H23NS. The van der Waals surface area contributed by atoms with E-state index in [1.165, 1.54) is 10.5 Å². The number of rotatable bonds is 5. The number of hydrogen-bond donors (Lipinski definition) is 1. The molecule has 0 N–H and O–H groups in total. The lowest BCUT2D eigenvalue weighted by atomic mass is 10.2. The van der Waals surface area contributed by atoms with Gasteiger partial charge in [-0.1, -0.05) is 19.1 Å². The van der Waals surface area contributed by atoms with Gasteiger partial charge in [0.1, 0.15) is 0 Å². The van der Waals surface area contributed by atoms with E-state index in [4.69, 9.17) is 0 Å². The number of hydrogen-bond acceptors (Lipinski definition) is 1. The smallest absolute Gasteiger partial charge is 0.0377 e. The lowest BCUT2D eigenvalue weighted by molar-refractivity contribution is 0.490. The Hall–Kier alpha value is -0.370. The molecule has 13 heavy (non-hydrogen) atoms. The minimum Gasteiger partial charge on any atom is -0.376 e. The summed E-state index contributed by atoms with van der Waals surface area (Å²) in [7, 11) is 2.18. The first-order valence-electron chi connectivity index (χ1n) is 4.70. The van der Waals surface area contributed by atoms with Gasteiger partial charge in [0.25, 0.3) is 0 Å². The molecule has 0 aliphatic rings. The maximum Gasteiger partial charge on any atom is 0.0377 e. The Morgan fingerprint density at radius 1 is 1.46 bits per heavy atom. The first-order chi connectivity index (χ1) is 5.97. The predicted molar refractivity (Wildman–Crippen MR) is 66.7 cm³/mol. The Labute approximate surface area is 85.9 Å². The van der Waals surface area contributed by atoms with Crippen molar-refractivity contribution in [3.63, 3.8) is 0 Å². The second kappa shape index (κ2) is 6.14. The molecule has 2 heteroatoms. The van der Waals surface area contributed by atoms with Crippen molar-refractivity contribution in [2.75, 3.05) is 26.1 Å². The van der Waals surface area contributed by atoms with Crippen LogP contribution in [0, 0.1) is 0 Å². The Balaban J connectivity index is 4.06. The van der Waals surface area contributed by atoms with Crippen molar-refractivity contribution in [2.45, 2.75) is 20.3 Å². The van der Waals surface area contributed by atoms with Gasteiger partial charge in [-0.2, -0.15) is 0 Å². The highest BCUT2D eigenvalue weighted by Crippen LogP contribution is 2.25. The van der Waals surface area contributed by atoms with Gasteiger partial charge in [0.15, 0.2) is 0 Å². The molecule has 0 rings (SSSR count). The monoisotopic (exact) mass is 201 g/mol. The van der Waals surface area contributed by atoms with Crippen LogP contribution in [0.5, 0.6) is 0 Å². The van der Waals surface area contributed by atoms with Crippen molar-refractivity contribution in [1.29, 1.82) is 0 Å². The second-order valence-electron chi connectivity index (χ2n) is 3.68. The standard InChI is InChI=1S/C11H23NS/c1-7-10(2)8-12(4)9-11(3)13(5)6/h9,13H,2,7-8H2,1,3-6H3/b11-9+. The maximum absolute atomic E-state index is 4.00. The van der Waals surface area contributed by atoms with Crippen LogP contribution in [0.25, 0.3) is 0 Å². The number of likely N-dealkylation sites (N-methyl/N-ethyl adjacent to an activating group) is 1. The fourth-order valence-electron chi connectivity index (χ4n) is 0.945. The van der Waals surface area contributed by atoms with Crippen molar-refractivity contribution in [1.82, 2.24) is 4.90 Å². The molecule has 0 heterocycles. The van der Waals surface area contributed by atoms with Crippen LogP contribution in [0.2, 0.25) is 0 Å². The summed E-state index contributed by atoms with van der Waals surface area (Å²) in [5.74, 6) is 0. The number of allylic oxidation sites excluding steroid dienone is 1. The molecule has 0 aliphatic carbocycles. The third-order valence-corrected chi connectivity index (χ3v) is 3.61. The van der Waals surface area contributed by atoms with Crippen molar-refractivity contribution < 1.29 is 0 Å². The topological polar surface area (TPSA) is 3.24 Å². The van der Waals surface area contributed by atoms with E-state index in [9.17, 15) is 0 Å². The molecule has 0 amide bonds. The summed E-state index contributed by atoms with van der Waals surface area (Å²) in [6.07, 6.45) is 7.88. The Kier molecular flexibility index (Phi) is 5.97.